The zero-order valence-corrected chi connectivity index (χ0v) is 20.7. The molecule has 37 heavy (non-hydrogen) atoms. The molecule has 0 radical (unpaired) electrons. The molecule has 3 aromatic carbocycles. The van der Waals surface area contributed by atoms with E-state index in [0.29, 0.717) is 42.9 Å². The lowest BCUT2D eigenvalue weighted by Gasteiger charge is -2.32. The predicted molar refractivity (Wildman–Crippen MR) is 141 cm³/mol. The van der Waals surface area contributed by atoms with Gasteiger partial charge in [-0.15, -0.1) is 5.10 Å². The Kier molecular flexibility index (Phi) is 6.18. The predicted octanol–water partition coefficient (Wildman–Crippen LogP) is 5.94. The Morgan fingerprint density at radius 2 is 1.73 bits per heavy atom. The lowest BCUT2D eigenvalue weighted by molar-refractivity contribution is -0.116. The lowest BCUT2D eigenvalue weighted by Crippen LogP contribution is -2.31. The van der Waals surface area contributed by atoms with Gasteiger partial charge in [-0.05, 0) is 43.0 Å². The fourth-order valence-corrected chi connectivity index (χ4v) is 4.99. The van der Waals surface area contributed by atoms with Crippen LogP contribution in [-0.2, 0) is 11.4 Å². The van der Waals surface area contributed by atoms with Gasteiger partial charge < -0.3 is 14.8 Å². The van der Waals surface area contributed by atoms with Gasteiger partial charge in [-0.25, -0.2) is 4.68 Å². The lowest BCUT2D eigenvalue weighted by atomic mass is 9.85. The van der Waals surface area contributed by atoms with Crippen molar-refractivity contribution in [2.75, 3.05) is 11.9 Å². The first-order valence-electron chi connectivity index (χ1n) is 12.7. The third kappa shape index (κ3) is 4.48. The van der Waals surface area contributed by atoms with Crippen molar-refractivity contribution in [2.24, 2.45) is 0 Å². The third-order valence-electron chi connectivity index (χ3n) is 6.72. The minimum Gasteiger partial charge on any atom is -0.490 e. The average molecular weight is 493 g/mol. The highest BCUT2D eigenvalue weighted by atomic mass is 16.5. The van der Waals surface area contributed by atoms with Crippen molar-refractivity contribution in [3.63, 3.8) is 0 Å². The molecular weight excluding hydrogens is 464 g/mol. The van der Waals surface area contributed by atoms with E-state index in [1.54, 1.807) is 0 Å². The summed E-state index contributed by atoms with van der Waals surface area (Å²) in [6.07, 6.45) is 2.17. The molecule has 0 bridgehead atoms. The highest BCUT2D eigenvalue weighted by molar-refractivity contribution is 5.99. The quantitative estimate of drug-likeness (QED) is 0.344. The number of carbonyl (C=O) groups excluding carboxylic acids is 1. The van der Waals surface area contributed by atoms with Crippen molar-refractivity contribution >= 4 is 11.7 Å². The molecule has 1 N–H and O–H groups in total. The number of Topliss-reactive ketones (excluding diaryl/α,β-unsaturated/α-hetero) is 1. The molecule has 6 rings (SSSR count). The summed E-state index contributed by atoms with van der Waals surface area (Å²) in [5.74, 6) is 2.71. The van der Waals surface area contributed by atoms with Gasteiger partial charge in [0.25, 0.3) is 0 Å². The minimum absolute atomic E-state index is 0.142. The smallest absolute Gasteiger partial charge is 0.226 e. The van der Waals surface area contributed by atoms with Crippen LogP contribution in [0.1, 0.15) is 43.4 Å². The van der Waals surface area contributed by atoms with Gasteiger partial charge in [-0.1, -0.05) is 66.7 Å². The molecule has 0 amide bonds. The third-order valence-corrected chi connectivity index (χ3v) is 6.72. The molecule has 0 spiro atoms. The minimum atomic E-state index is -0.397. The Balaban J connectivity index is 1.41. The Bertz CT molecular complexity index is 1460. The van der Waals surface area contributed by atoms with E-state index in [1.807, 2.05) is 90.5 Å². The molecule has 0 saturated heterocycles. The van der Waals surface area contributed by atoms with Crippen LogP contribution in [0.5, 0.6) is 11.5 Å². The molecule has 4 aromatic rings. The molecule has 2 aliphatic rings. The topological polar surface area (TPSA) is 78.3 Å². The fraction of sp³-hybridized carbons (Fsp3) is 0.233. The highest BCUT2D eigenvalue weighted by Gasteiger charge is 2.37. The fourth-order valence-electron chi connectivity index (χ4n) is 4.99. The number of carbonyl (C=O) groups is 1. The molecule has 0 fully saturated rings. The van der Waals surface area contributed by atoms with Crippen LogP contribution in [-0.4, -0.2) is 27.2 Å². The molecule has 186 valence electrons. The SMILES string of the molecule is CCOc1cc([C@@H]2C3=C(CCCC3=O)Nc3nc(-c4ccccc4)nn32)ccc1OCc1ccccc1. The number of benzene rings is 3. The second kappa shape index (κ2) is 9.93. The number of nitrogens with one attached hydrogen (secondary N) is 1. The van der Waals surface area contributed by atoms with E-state index in [-0.39, 0.29) is 5.78 Å². The van der Waals surface area contributed by atoms with Gasteiger partial charge in [0.2, 0.25) is 5.95 Å². The van der Waals surface area contributed by atoms with E-state index in [4.69, 9.17) is 19.6 Å². The summed E-state index contributed by atoms with van der Waals surface area (Å²) in [5, 5.41) is 8.26. The van der Waals surface area contributed by atoms with Crippen LogP contribution in [0.25, 0.3) is 11.4 Å². The number of rotatable bonds is 7. The van der Waals surface area contributed by atoms with Crippen LogP contribution in [0.2, 0.25) is 0 Å². The summed E-state index contributed by atoms with van der Waals surface area (Å²) in [4.78, 5) is 18.0. The van der Waals surface area contributed by atoms with Crippen molar-refractivity contribution in [3.8, 4) is 22.9 Å². The molecule has 1 aliphatic heterocycles. The number of anilines is 1. The van der Waals surface area contributed by atoms with E-state index in [9.17, 15) is 4.79 Å². The summed E-state index contributed by atoms with van der Waals surface area (Å²) in [5.41, 5.74) is 4.60. The molecule has 0 unspecified atom stereocenters. The summed E-state index contributed by atoms with van der Waals surface area (Å²) < 4.78 is 14.0. The number of hydrogen-bond donors (Lipinski definition) is 1. The van der Waals surface area contributed by atoms with Crippen LogP contribution in [0.3, 0.4) is 0 Å². The van der Waals surface area contributed by atoms with Crippen LogP contribution < -0.4 is 14.8 Å². The van der Waals surface area contributed by atoms with Gasteiger partial charge in [-0.3, -0.25) is 4.79 Å². The van der Waals surface area contributed by atoms with E-state index < -0.39 is 6.04 Å². The standard InChI is InChI=1S/C30H28N4O3/c1-2-36-26-18-22(16-17-25(26)37-19-20-10-5-3-6-11-20)28-27-23(14-9-15-24(27)35)31-30-32-29(33-34(28)30)21-12-7-4-8-13-21/h3-8,10-13,16-18,28H,2,9,14-15,19H2,1H3,(H,31,32,33)/t28-/m1/s1. The van der Waals surface area contributed by atoms with Crippen LogP contribution in [0, 0.1) is 0 Å². The second-order valence-electron chi connectivity index (χ2n) is 9.18. The molecule has 7 heteroatoms. The van der Waals surface area contributed by atoms with Crippen molar-refractivity contribution in [1.82, 2.24) is 14.8 Å². The van der Waals surface area contributed by atoms with E-state index in [2.05, 4.69) is 5.32 Å². The molecule has 7 nitrogen and oxygen atoms in total. The maximum Gasteiger partial charge on any atom is 0.226 e. The maximum atomic E-state index is 13.2. The number of fused-ring (bicyclic) bond motifs is 1. The van der Waals surface area contributed by atoms with Gasteiger partial charge in [-0.2, -0.15) is 4.98 Å². The first-order chi connectivity index (χ1) is 18.2. The Morgan fingerprint density at radius 1 is 0.946 bits per heavy atom. The first kappa shape index (κ1) is 23.0. The van der Waals surface area contributed by atoms with Crippen molar-refractivity contribution < 1.29 is 14.3 Å². The number of nitrogens with zero attached hydrogens (tertiary/aromatic N) is 3. The van der Waals surface area contributed by atoms with Crippen LogP contribution in [0.4, 0.5) is 5.95 Å². The Hall–Kier alpha value is -4.39. The monoisotopic (exact) mass is 492 g/mol. The summed E-state index contributed by atoms with van der Waals surface area (Å²) in [6, 6.07) is 25.4. The van der Waals surface area contributed by atoms with E-state index in [0.717, 1.165) is 40.8 Å². The normalized spacial score (nSPS) is 16.6. The Morgan fingerprint density at radius 3 is 2.51 bits per heavy atom. The zero-order valence-electron chi connectivity index (χ0n) is 20.7. The number of hydrogen-bond acceptors (Lipinski definition) is 6. The Labute approximate surface area is 215 Å². The van der Waals surface area contributed by atoms with Gasteiger partial charge in [0.1, 0.15) is 12.6 Å². The molecule has 1 aliphatic carbocycles. The average Bonchev–Trinajstić information content (AvgIpc) is 3.36. The summed E-state index contributed by atoms with van der Waals surface area (Å²) in [6.45, 7) is 2.89. The second-order valence-corrected chi connectivity index (χ2v) is 9.18. The molecule has 0 saturated carbocycles. The van der Waals surface area contributed by atoms with Crippen molar-refractivity contribution in [2.45, 2.75) is 38.8 Å². The molecule has 1 aromatic heterocycles. The zero-order chi connectivity index (χ0) is 25.2. The number of aromatic nitrogens is 3. The van der Waals surface area contributed by atoms with Gasteiger partial charge in [0.15, 0.2) is 23.1 Å². The van der Waals surface area contributed by atoms with Gasteiger partial charge >= 0.3 is 0 Å². The number of ether oxygens (including phenoxy) is 2. The molecular formula is C30H28N4O3. The van der Waals surface area contributed by atoms with E-state index >= 15 is 0 Å². The van der Waals surface area contributed by atoms with Crippen LogP contribution in [0.15, 0.2) is 90.1 Å². The van der Waals surface area contributed by atoms with E-state index in [1.165, 1.54) is 0 Å². The van der Waals surface area contributed by atoms with Gasteiger partial charge in [0.05, 0.1) is 6.61 Å². The van der Waals surface area contributed by atoms with Gasteiger partial charge in [0, 0.05) is 23.3 Å². The number of ketones is 1. The van der Waals surface area contributed by atoms with Crippen LogP contribution >= 0.6 is 0 Å². The van der Waals surface area contributed by atoms with Crippen molar-refractivity contribution in [3.05, 3.63) is 101 Å². The molecule has 1 atom stereocenters. The number of allylic oxidation sites excluding steroid dienone is 2. The molecule has 2 heterocycles. The maximum absolute atomic E-state index is 13.2. The highest BCUT2D eigenvalue weighted by Crippen LogP contribution is 2.42. The first-order valence-corrected chi connectivity index (χ1v) is 12.7. The van der Waals surface area contributed by atoms with Crippen molar-refractivity contribution in [1.29, 1.82) is 0 Å². The largest absolute Gasteiger partial charge is 0.490 e. The summed E-state index contributed by atoms with van der Waals surface area (Å²) >= 11 is 0. The summed E-state index contributed by atoms with van der Waals surface area (Å²) in [7, 11) is 0.